The molecule has 58 heavy (non-hydrogen) atoms. The Morgan fingerprint density at radius 3 is 0.759 bits per heavy atom. The second kappa shape index (κ2) is 18.9. The summed E-state index contributed by atoms with van der Waals surface area (Å²) >= 11 is 0. The third kappa shape index (κ3) is 10.9. The molecule has 6 rings (SSSR count). The topological polar surface area (TPSA) is 165 Å². The molecule has 0 atom stereocenters. The van der Waals surface area contributed by atoms with Crippen LogP contribution in [0.3, 0.4) is 0 Å². The largest absolute Gasteiger partial charge is 0.295 e. The predicted molar refractivity (Wildman–Crippen MR) is 225 cm³/mol. The van der Waals surface area contributed by atoms with Crippen molar-refractivity contribution in [2.24, 2.45) is 16.2 Å². The summed E-state index contributed by atoms with van der Waals surface area (Å²) in [7, 11) is 0. The number of hydrogen-bond acceptors (Lipinski definition) is 6. The standard InChI is InChI=1S/3C15H18N2O2.Eu/c3*1-10-12(13(18)15(2,3)4)14(19)17(16-10)11-8-6-5-7-9-11;/h3*5-9,16H,1-4H3;. The van der Waals surface area contributed by atoms with Crippen LogP contribution in [0.1, 0.15) is 110 Å². The molecule has 0 aliphatic rings. The molecule has 0 aliphatic carbocycles. The number of carbonyl (C=O) groups excluding carboxylic acids is 3. The van der Waals surface area contributed by atoms with Crippen LogP contribution in [0.2, 0.25) is 0 Å². The molecule has 0 saturated heterocycles. The third-order valence-corrected chi connectivity index (χ3v) is 8.98. The Bertz CT molecular complexity index is 2270. The van der Waals surface area contributed by atoms with Crippen molar-refractivity contribution >= 4 is 17.3 Å². The summed E-state index contributed by atoms with van der Waals surface area (Å²) in [5, 5.41) is 8.90. The number of ketones is 3. The molecule has 6 aromatic rings. The van der Waals surface area contributed by atoms with Gasteiger partial charge in [-0.05, 0) is 57.2 Å². The van der Waals surface area contributed by atoms with E-state index in [1.54, 1.807) is 20.8 Å². The number of para-hydroxylation sites is 3. The van der Waals surface area contributed by atoms with E-state index in [9.17, 15) is 28.8 Å². The number of aryl methyl sites for hydroxylation is 3. The summed E-state index contributed by atoms with van der Waals surface area (Å²) in [6.45, 7) is 21.6. The van der Waals surface area contributed by atoms with E-state index in [2.05, 4.69) is 15.3 Å². The van der Waals surface area contributed by atoms with Crippen molar-refractivity contribution in [2.75, 3.05) is 0 Å². The molecule has 0 amide bonds. The number of aromatic amines is 3. The fourth-order valence-electron chi connectivity index (χ4n) is 5.84. The van der Waals surface area contributed by atoms with Gasteiger partial charge >= 0.3 is 0 Å². The van der Waals surface area contributed by atoms with Gasteiger partial charge in [0, 0.05) is 82.7 Å². The molecule has 12 nitrogen and oxygen atoms in total. The van der Waals surface area contributed by atoms with E-state index in [-0.39, 0.29) is 100 Å². The van der Waals surface area contributed by atoms with Gasteiger partial charge in [0.15, 0.2) is 17.3 Å². The molecule has 0 bridgehead atoms. The first-order valence-corrected chi connectivity index (χ1v) is 18.7. The Morgan fingerprint density at radius 2 is 0.586 bits per heavy atom. The van der Waals surface area contributed by atoms with Gasteiger partial charge < -0.3 is 0 Å². The van der Waals surface area contributed by atoms with Gasteiger partial charge in [-0.25, -0.2) is 14.0 Å². The van der Waals surface area contributed by atoms with Crippen LogP contribution in [0.4, 0.5) is 0 Å². The molecule has 0 aliphatic heterocycles. The number of nitrogens with zero attached hydrogens (tertiary/aromatic N) is 3. The molecule has 1 radical (unpaired) electrons. The summed E-state index contributed by atoms with van der Waals surface area (Å²) in [5.41, 5.74) is 2.16. The van der Waals surface area contributed by atoms with Crippen molar-refractivity contribution in [2.45, 2.75) is 83.1 Å². The van der Waals surface area contributed by atoms with Crippen molar-refractivity contribution in [1.82, 2.24) is 29.3 Å². The van der Waals surface area contributed by atoms with E-state index in [1.165, 1.54) is 14.0 Å². The minimum absolute atomic E-state index is 0. The number of Topliss-reactive ketones (excluding diaryl/α,β-unsaturated/α-hetero) is 3. The SMILES string of the molecule is Cc1[nH]n(-c2ccccc2)c(=O)c1C(=O)C(C)(C)C.Cc1[nH]n(-c2ccccc2)c(=O)c1C(=O)C(C)(C)C.Cc1[nH]n(-c2ccccc2)c(=O)c1C(=O)C(C)(C)C.[Eu]. The Labute approximate surface area is 379 Å². The summed E-state index contributed by atoms with van der Waals surface area (Å²) in [4.78, 5) is 74.1. The van der Waals surface area contributed by atoms with Crippen LogP contribution >= 0.6 is 0 Å². The van der Waals surface area contributed by atoms with Crippen molar-refractivity contribution in [3.8, 4) is 17.1 Å². The Kier molecular flexibility index (Phi) is 15.5. The monoisotopic (exact) mass is 927 g/mol. The van der Waals surface area contributed by atoms with Gasteiger partial charge in [-0.3, -0.25) is 44.1 Å². The quantitative estimate of drug-likeness (QED) is 0.143. The third-order valence-electron chi connectivity index (χ3n) is 8.98. The first-order valence-electron chi connectivity index (χ1n) is 18.7. The molecule has 3 N–H and O–H groups in total. The fourth-order valence-corrected chi connectivity index (χ4v) is 5.84. The smallest absolute Gasteiger partial charge is 0.282 e. The summed E-state index contributed by atoms with van der Waals surface area (Å²) in [5.74, 6) is -0.414. The van der Waals surface area contributed by atoms with Crippen molar-refractivity contribution in [1.29, 1.82) is 0 Å². The zero-order valence-corrected chi connectivity index (χ0v) is 37.8. The molecule has 307 valence electrons. The number of carbonyl (C=O) groups is 3. The van der Waals surface area contributed by atoms with Crippen LogP contribution in [0, 0.1) is 86.4 Å². The van der Waals surface area contributed by atoms with Crippen LogP contribution < -0.4 is 16.7 Å². The molecule has 3 aromatic heterocycles. The van der Waals surface area contributed by atoms with E-state index in [1.807, 2.05) is 153 Å². The molecule has 0 spiro atoms. The molecule has 0 saturated carbocycles. The van der Waals surface area contributed by atoms with E-state index >= 15 is 0 Å². The van der Waals surface area contributed by atoms with E-state index in [4.69, 9.17) is 0 Å². The van der Waals surface area contributed by atoms with Gasteiger partial charge in [0.2, 0.25) is 0 Å². The van der Waals surface area contributed by atoms with Crippen LogP contribution in [-0.4, -0.2) is 46.7 Å². The normalized spacial score (nSPS) is 11.4. The first kappa shape index (κ1) is 47.7. The zero-order valence-electron chi connectivity index (χ0n) is 35.3. The van der Waals surface area contributed by atoms with E-state index < -0.39 is 16.2 Å². The van der Waals surface area contributed by atoms with Crippen LogP contribution in [0.5, 0.6) is 0 Å². The molecule has 0 fully saturated rings. The van der Waals surface area contributed by atoms with Gasteiger partial charge in [-0.1, -0.05) is 117 Å². The first-order chi connectivity index (χ1) is 26.5. The van der Waals surface area contributed by atoms with Crippen molar-refractivity contribution in [3.05, 3.63) is 156 Å². The molecule has 13 heteroatoms. The average Bonchev–Trinajstić information content (AvgIpc) is 3.74. The van der Waals surface area contributed by atoms with Gasteiger partial charge in [-0.15, -0.1) is 0 Å². The van der Waals surface area contributed by atoms with Crippen molar-refractivity contribution in [3.63, 3.8) is 0 Å². The van der Waals surface area contributed by atoms with Crippen molar-refractivity contribution < 1.29 is 63.8 Å². The number of hydrogen-bond donors (Lipinski definition) is 3. The maximum absolute atomic E-state index is 12.4. The number of rotatable bonds is 6. The number of benzene rings is 3. The molecule has 0 unspecified atom stereocenters. The average molecular weight is 927 g/mol. The predicted octanol–water partition coefficient (Wildman–Crippen LogP) is 8.11. The zero-order chi connectivity index (χ0) is 42.6. The van der Waals surface area contributed by atoms with Crippen LogP contribution in [0.15, 0.2) is 105 Å². The number of nitrogens with one attached hydrogen (secondary N) is 3. The second-order valence-corrected chi connectivity index (χ2v) is 17.0. The summed E-state index contributed by atoms with van der Waals surface area (Å²) in [6.07, 6.45) is 0. The van der Waals surface area contributed by atoms with Gasteiger partial charge in [0.25, 0.3) is 16.7 Å². The minimum atomic E-state index is -0.569. The van der Waals surface area contributed by atoms with Crippen LogP contribution in [0.25, 0.3) is 17.1 Å². The molecule has 3 aromatic carbocycles. The van der Waals surface area contributed by atoms with Gasteiger partial charge in [0.1, 0.15) is 16.7 Å². The maximum atomic E-state index is 12.4. The summed E-state index contributed by atoms with van der Waals surface area (Å²) < 4.78 is 4.23. The number of H-pyrrole nitrogens is 3. The minimum Gasteiger partial charge on any atom is -0.295 e. The molecule has 3 heterocycles. The van der Waals surface area contributed by atoms with Gasteiger partial charge in [0.05, 0.1) is 17.1 Å². The van der Waals surface area contributed by atoms with Gasteiger partial charge in [-0.2, -0.15) is 0 Å². The van der Waals surface area contributed by atoms with E-state index in [0.717, 1.165) is 17.1 Å². The molecular weight excluding hydrogens is 872 g/mol. The van der Waals surface area contributed by atoms with E-state index in [0.29, 0.717) is 17.1 Å². The second-order valence-electron chi connectivity index (χ2n) is 17.0. The Morgan fingerprint density at radius 1 is 0.397 bits per heavy atom. The Hall–Kier alpha value is -4.72. The van der Waals surface area contributed by atoms with Crippen LogP contribution in [-0.2, 0) is 0 Å². The maximum Gasteiger partial charge on any atom is 0.282 e. The summed E-state index contributed by atoms with van der Waals surface area (Å²) in [6, 6.07) is 27.7. The fraction of sp³-hybridized carbons (Fsp3) is 0.333. The molecular formula is C45H54EuN6O6. The number of aromatic nitrogens is 6. The Balaban J connectivity index is 0.000000231.